The molecule has 186 valence electrons. The number of fused-ring (bicyclic) bond motifs is 2. The van der Waals surface area contributed by atoms with Crippen LogP contribution in [-0.4, -0.2) is 63.6 Å². The van der Waals surface area contributed by atoms with Crippen molar-refractivity contribution >= 4 is 22.6 Å². The molecule has 9 nitrogen and oxygen atoms in total. The molecular formula is C26H34N6O3. The monoisotopic (exact) mass is 478 g/mol. The molecule has 3 aromatic heterocycles. The number of pyridine rings is 2. The van der Waals surface area contributed by atoms with Gasteiger partial charge < -0.3 is 14.6 Å². The Kier molecular flexibility index (Phi) is 6.97. The zero-order valence-corrected chi connectivity index (χ0v) is 20.4. The summed E-state index contributed by atoms with van der Waals surface area (Å²) in [5.74, 6) is -0.278. The van der Waals surface area contributed by atoms with Crippen LogP contribution in [0.4, 0.5) is 0 Å². The number of nitrogens with zero attached hydrogens (tertiary/aromatic N) is 4. The Labute approximate surface area is 204 Å². The van der Waals surface area contributed by atoms with E-state index in [9.17, 15) is 9.59 Å². The van der Waals surface area contributed by atoms with E-state index < -0.39 is 0 Å². The van der Waals surface area contributed by atoms with Crippen LogP contribution in [0, 0.1) is 12.3 Å². The number of aromatic nitrogens is 3. The van der Waals surface area contributed by atoms with Crippen molar-refractivity contribution in [3.63, 3.8) is 0 Å². The minimum Gasteiger partial charge on any atom is -0.379 e. The van der Waals surface area contributed by atoms with Gasteiger partial charge in [-0.2, -0.15) is 0 Å². The number of hydrogen-bond donors (Lipinski definition) is 2. The van der Waals surface area contributed by atoms with Crippen molar-refractivity contribution in [2.75, 3.05) is 32.8 Å². The number of ether oxygens (including phenoxy) is 1. The third kappa shape index (κ3) is 5.01. The van der Waals surface area contributed by atoms with Crippen LogP contribution >= 0.6 is 0 Å². The first-order valence-electron chi connectivity index (χ1n) is 12.7. The van der Waals surface area contributed by atoms with E-state index in [-0.39, 0.29) is 28.6 Å². The summed E-state index contributed by atoms with van der Waals surface area (Å²) in [6.45, 7) is 6.56. The highest BCUT2D eigenvalue weighted by molar-refractivity contribution is 5.97. The Morgan fingerprint density at radius 2 is 1.94 bits per heavy atom. The van der Waals surface area contributed by atoms with Gasteiger partial charge in [-0.05, 0) is 43.9 Å². The summed E-state index contributed by atoms with van der Waals surface area (Å²) in [7, 11) is 0. The molecule has 0 unspecified atom stereocenters. The minimum absolute atomic E-state index is 0.108. The number of rotatable bonds is 6. The van der Waals surface area contributed by atoms with Gasteiger partial charge >= 0.3 is 0 Å². The van der Waals surface area contributed by atoms with Gasteiger partial charge in [-0.25, -0.2) is 4.98 Å². The van der Waals surface area contributed by atoms with Gasteiger partial charge in [0.15, 0.2) is 0 Å². The van der Waals surface area contributed by atoms with Crippen LogP contribution in [0.1, 0.15) is 54.4 Å². The molecule has 0 bridgehead atoms. The first kappa shape index (κ1) is 23.7. The maximum Gasteiger partial charge on any atom is 0.267 e. The summed E-state index contributed by atoms with van der Waals surface area (Å²) in [5.41, 5.74) is 2.07. The molecule has 2 aliphatic rings. The Hall–Kier alpha value is -3.04. The third-order valence-electron chi connectivity index (χ3n) is 7.20. The van der Waals surface area contributed by atoms with Crippen LogP contribution in [0.5, 0.6) is 0 Å². The first-order chi connectivity index (χ1) is 17.0. The molecule has 1 aliphatic heterocycles. The van der Waals surface area contributed by atoms with Crippen LogP contribution in [0.3, 0.4) is 0 Å². The van der Waals surface area contributed by atoms with Crippen LogP contribution in [-0.2, 0) is 11.3 Å². The second-order valence-corrected chi connectivity index (χ2v) is 9.76. The molecule has 9 heteroatoms. The smallest absolute Gasteiger partial charge is 0.267 e. The fourth-order valence-corrected chi connectivity index (χ4v) is 5.22. The summed E-state index contributed by atoms with van der Waals surface area (Å²) in [6, 6.07) is 5.43. The molecular weight excluding hydrogens is 444 g/mol. The van der Waals surface area contributed by atoms with Gasteiger partial charge in [0, 0.05) is 38.4 Å². The lowest BCUT2D eigenvalue weighted by atomic mass is 9.95. The molecule has 1 saturated carbocycles. The highest BCUT2D eigenvalue weighted by Crippen LogP contribution is 2.18. The lowest BCUT2D eigenvalue weighted by molar-refractivity contribution is 0.0369. The fraction of sp³-hybridized carbons (Fsp3) is 0.538. The molecule has 0 aromatic carbocycles. The number of amides is 1. The highest BCUT2D eigenvalue weighted by Gasteiger charge is 2.21. The van der Waals surface area contributed by atoms with Crippen molar-refractivity contribution in [2.45, 2.75) is 58.0 Å². The lowest BCUT2D eigenvalue weighted by Gasteiger charge is -2.26. The summed E-state index contributed by atoms with van der Waals surface area (Å²) in [4.78, 5) is 33.9. The van der Waals surface area contributed by atoms with E-state index in [1.807, 2.05) is 19.1 Å². The van der Waals surface area contributed by atoms with E-state index in [2.05, 4.69) is 10.2 Å². The number of carbonyl (C=O) groups excluding carboxylic acids is 1. The molecule has 35 heavy (non-hydrogen) atoms. The van der Waals surface area contributed by atoms with E-state index in [0.29, 0.717) is 23.2 Å². The number of aryl methyl sites for hydroxylation is 2. The molecule has 0 radical (unpaired) electrons. The zero-order valence-electron chi connectivity index (χ0n) is 20.4. The van der Waals surface area contributed by atoms with Crippen molar-refractivity contribution in [3.8, 4) is 0 Å². The van der Waals surface area contributed by atoms with Crippen molar-refractivity contribution in [2.24, 2.45) is 0 Å². The molecule has 2 fully saturated rings. The minimum atomic E-state index is -0.278. The van der Waals surface area contributed by atoms with Gasteiger partial charge in [0.2, 0.25) is 0 Å². The van der Waals surface area contributed by atoms with Gasteiger partial charge in [-0.1, -0.05) is 25.3 Å². The summed E-state index contributed by atoms with van der Waals surface area (Å²) in [6.07, 6.45) is 7.88. The Bertz CT molecular complexity index is 1350. The second kappa shape index (κ2) is 10.3. The highest BCUT2D eigenvalue weighted by atomic mass is 16.5. The fourth-order valence-electron chi connectivity index (χ4n) is 5.22. The van der Waals surface area contributed by atoms with Crippen molar-refractivity contribution < 1.29 is 9.53 Å². The van der Waals surface area contributed by atoms with Crippen LogP contribution < -0.4 is 16.4 Å². The average molecular weight is 479 g/mol. The Balaban J connectivity index is 1.55. The van der Waals surface area contributed by atoms with Crippen LogP contribution in [0.25, 0.3) is 16.7 Å². The Morgan fingerprint density at radius 3 is 2.71 bits per heavy atom. The standard InChI is InChI=1S/C26H34N6O3/c1-18-8-9-22-29-24-21(26(34)32(22)17-18)16-20(25(33)28-19-6-3-2-4-7-19)23(27)31(24)11-5-10-30-12-14-35-15-13-30/h8-9,16-17,19,27H,2-7,10-15H2,1H3,(H,28,33). The maximum absolute atomic E-state index is 13.5. The molecule has 2 N–H and O–H groups in total. The normalized spacial score (nSPS) is 17.7. The van der Waals surface area contributed by atoms with Crippen molar-refractivity contribution in [1.82, 2.24) is 24.2 Å². The van der Waals surface area contributed by atoms with Crippen molar-refractivity contribution in [3.05, 3.63) is 51.4 Å². The van der Waals surface area contributed by atoms with Crippen LogP contribution in [0.15, 0.2) is 29.2 Å². The third-order valence-corrected chi connectivity index (χ3v) is 7.20. The first-order valence-corrected chi connectivity index (χ1v) is 12.7. The SMILES string of the molecule is Cc1ccc2nc3c(cc(C(=O)NC4CCCCC4)c(=N)n3CCCN3CCOCC3)c(=O)n2c1. The molecule has 1 aliphatic carbocycles. The maximum atomic E-state index is 13.5. The topological polar surface area (TPSA) is 105 Å². The van der Waals surface area contributed by atoms with E-state index in [1.54, 1.807) is 16.8 Å². The molecule has 0 spiro atoms. The molecule has 4 heterocycles. The summed E-state index contributed by atoms with van der Waals surface area (Å²) in [5, 5.41) is 12.4. The van der Waals surface area contributed by atoms with Gasteiger partial charge in [-0.15, -0.1) is 0 Å². The molecule has 1 amide bonds. The van der Waals surface area contributed by atoms with Gasteiger partial charge in [0.05, 0.1) is 24.2 Å². The number of morpholine rings is 1. The van der Waals surface area contributed by atoms with E-state index in [4.69, 9.17) is 15.1 Å². The summed E-state index contributed by atoms with van der Waals surface area (Å²) >= 11 is 0. The Morgan fingerprint density at radius 1 is 1.17 bits per heavy atom. The second-order valence-electron chi connectivity index (χ2n) is 9.76. The number of hydrogen-bond acceptors (Lipinski definition) is 6. The molecule has 1 saturated heterocycles. The van der Waals surface area contributed by atoms with E-state index in [0.717, 1.165) is 70.5 Å². The van der Waals surface area contributed by atoms with Gasteiger partial charge in [0.1, 0.15) is 16.8 Å². The predicted octanol–water partition coefficient (Wildman–Crippen LogP) is 2.22. The van der Waals surface area contributed by atoms with Crippen LogP contribution in [0.2, 0.25) is 0 Å². The quantitative estimate of drug-likeness (QED) is 0.529. The predicted molar refractivity (Wildman–Crippen MR) is 134 cm³/mol. The zero-order chi connectivity index (χ0) is 24.4. The number of carbonyl (C=O) groups is 1. The molecule has 3 aromatic rings. The lowest BCUT2D eigenvalue weighted by Crippen LogP contribution is -2.41. The molecule has 5 rings (SSSR count). The number of nitrogens with one attached hydrogen (secondary N) is 2. The summed E-state index contributed by atoms with van der Waals surface area (Å²) < 4.78 is 8.71. The molecule has 0 atom stereocenters. The largest absolute Gasteiger partial charge is 0.379 e. The van der Waals surface area contributed by atoms with Crippen molar-refractivity contribution in [1.29, 1.82) is 5.41 Å². The van der Waals surface area contributed by atoms with Gasteiger partial charge in [-0.3, -0.25) is 24.3 Å². The van der Waals surface area contributed by atoms with Gasteiger partial charge in [0.25, 0.3) is 11.5 Å². The van der Waals surface area contributed by atoms with E-state index >= 15 is 0 Å². The van der Waals surface area contributed by atoms with E-state index in [1.165, 1.54) is 10.8 Å². The average Bonchev–Trinajstić information content (AvgIpc) is 2.87.